The zero-order chi connectivity index (χ0) is 16.4. The van der Waals surface area contributed by atoms with Crippen molar-refractivity contribution >= 4 is 61.5 Å². The topological polar surface area (TPSA) is 54.9 Å². The molecule has 0 saturated carbocycles. The number of anilines is 1. The molecule has 0 unspecified atom stereocenters. The average Bonchev–Trinajstić information content (AvgIpc) is 2.99. The minimum atomic E-state index is -0.318. The number of nitrogens with one attached hydrogen (secondary N) is 1. The van der Waals surface area contributed by atoms with E-state index >= 15 is 0 Å². The Morgan fingerprint density at radius 2 is 1.78 bits per heavy atom. The molecule has 0 atom stereocenters. The van der Waals surface area contributed by atoms with Crippen LogP contribution in [0.4, 0.5) is 5.13 Å². The number of hydrogen-bond acceptors (Lipinski definition) is 4. The first-order valence-corrected chi connectivity index (χ1v) is 8.75. The number of rotatable bonds is 3. The van der Waals surface area contributed by atoms with Gasteiger partial charge in [0, 0.05) is 15.6 Å². The van der Waals surface area contributed by atoms with Crippen LogP contribution in [-0.4, -0.2) is 16.1 Å². The van der Waals surface area contributed by atoms with E-state index in [1.807, 2.05) is 24.3 Å². The van der Waals surface area contributed by atoms with Gasteiger partial charge in [-0.2, -0.15) is 0 Å². The molecule has 0 spiro atoms. The first-order valence-electron chi connectivity index (χ1n) is 6.39. The van der Waals surface area contributed by atoms with E-state index in [1.54, 1.807) is 12.1 Å². The zero-order valence-corrected chi connectivity index (χ0v) is 15.3. The number of amides is 1. The fraction of sp³-hybridized carbons (Fsp3) is 0. The molecule has 23 heavy (non-hydrogen) atoms. The first kappa shape index (κ1) is 16.4. The third-order valence-electron chi connectivity index (χ3n) is 2.92. The standard InChI is InChI=1S/C15H8BrCl2N3OS/c16-10-4-1-8(2-5-10)14-20-21-15(23-14)19-13(22)9-3-6-11(17)12(18)7-9/h1-7H,(H,19,21,22). The van der Waals surface area contributed by atoms with Crippen molar-refractivity contribution in [3.05, 3.63) is 62.5 Å². The quantitative estimate of drug-likeness (QED) is 0.596. The Balaban J connectivity index is 1.77. The summed E-state index contributed by atoms with van der Waals surface area (Å²) < 4.78 is 0.985. The molecule has 8 heteroatoms. The van der Waals surface area contributed by atoms with Crippen LogP contribution in [0.5, 0.6) is 0 Å². The molecular weight excluding hydrogens is 421 g/mol. The summed E-state index contributed by atoms with van der Waals surface area (Å²) in [6.45, 7) is 0. The molecule has 0 bridgehead atoms. The minimum Gasteiger partial charge on any atom is -0.296 e. The van der Waals surface area contributed by atoms with Gasteiger partial charge in [0.05, 0.1) is 10.0 Å². The van der Waals surface area contributed by atoms with Crippen LogP contribution in [-0.2, 0) is 0 Å². The molecule has 1 heterocycles. The van der Waals surface area contributed by atoms with Gasteiger partial charge in [-0.3, -0.25) is 10.1 Å². The fourth-order valence-corrected chi connectivity index (χ4v) is 3.10. The van der Waals surface area contributed by atoms with Gasteiger partial charge in [0.2, 0.25) is 5.13 Å². The van der Waals surface area contributed by atoms with Crippen LogP contribution < -0.4 is 5.32 Å². The minimum absolute atomic E-state index is 0.318. The summed E-state index contributed by atoms with van der Waals surface area (Å²) in [5, 5.41) is 12.6. The molecule has 0 aliphatic rings. The Labute approximate surface area is 154 Å². The molecule has 1 N–H and O–H groups in total. The molecule has 0 fully saturated rings. The van der Waals surface area contributed by atoms with Gasteiger partial charge in [-0.05, 0) is 30.3 Å². The normalized spacial score (nSPS) is 10.6. The molecular formula is C15H8BrCl2N3OS. The van der Waals surface area contributed by atoms with Crippen LogP contribution in [0, 0.1) is 0 Å². The maximum atomic E-state index is 12.2. The maximum Gasteiger partial charge on any atom is 0.257 e. The third kappa shape index (κ3) is 3.90. The smallest absolute Gasteiger partial charge is 0.257 e. The van der Waals surface area contributed by atoms with Crippen molar-refractivity contribution in [2.24, 2.45) is 0 Å². The number of halogens is 3. The van der Waals surface area contributed by atoms with Crippen molar-refractivity contribution in [2.75, 3.05) is 5.32 Å². The largest absolute Gasteiger partial charge is 0.296 e. The lowest BCUT2D eigenvalue weighted by molar-refractivity contribution is 0.102. The second-order valence-electron chi connectivity index (χ2n) is 4.50. The molecule has 3 rings (SSSR count). The Hall–Kier alpha value is -1.47. The van der Waals surface area contributed by atoms with Gasteiger partial charge in [-0.15, -0.1) is 10.2 Å². The highest BCUT2D eigenvalue weighted by molar-refractivity contribution is 9.10. The summed E-state index contributed by atoms with van der Waals surface area (Å²) in [5.41, 5.74) is 1.33. The molecule has 0 saturated heterocycles. The summed E-state index contributed by atoms with van der Waals surface area (Å²) in [4.78, 5) is 12.2. The summed E-state index contributed by atoms with van der Waals surface area (Å²) in [6.07, 6.45) is 0. The van der Waals surface area contributed by atoms with Gasteiger partial charge < -0.3 is 0 Å². The van der Waals surface area contributed by atoms with Gasteiger partial charge in [0.25, 0.3) is 5.91 Å². The lowest BCUT2D eigenvalue weighted by Gasteiger charge is -2.02. The molecule has 0 radical (unpaired) electrons. The molecule has 0 aliphatic heterocycles. The van der Waals surface area contributed by atoms with Crippen molar-refractivity contribution < 1.29 is 4.79 Å². The molecule has 2 aromatic carbocycles. The van der Waals surface area contributed by atoms with E-state index in [9.17, 15) is 4.79 Å². The Bertz CT molecular complexity index is 867. The number of nitrogens with zero attached hydrogens (tertiary/aromatic N) is 2. The summed E-state index contributed by atoms with van der Waals surface area (Å²) in [6, 6.07) is 12.4. The van der Waals surface area contributed by atoms with E-state index in [4.69, 9.17) is 23.2 Å². The highest BCUT2D eigenvalue weighted by Gasteiger charge is 2.12. The summed E-state index contributed by atoms with van der Waals surface area (Å²) >= 11 is 16.4. The number of carbonyl (C=O) groups is 1. The molecule has 116 valence electrons. The number of aromatic nitrogens is 2. The van der Waals surface area contributed by atoms with Gasteiger partial charge in [0.15, 0.2) is 0 Å². The van der Waals surface area contributed by atoms with Crippen LogP contribution in [0.3, 0.4) is 0 Å². The highest BCUT2D eigenvalue weighted by Crippen LogP contribution is 2.28. The van der Waals surface area contributed by atoms with Crippen molar-refractivity contribution in [3.8, 4) is 10.6 Å². The maximum absolute atomic E-state index is 12.2. The number of benzene rings is 2. The van der Waals surface area contributed by atoms with Gasteiger partial charge in [-0.1, -0.05) is 62.6 Å². The van der Waals surface area contributed by atoms with Crippen molar-refractivity contribution in [1.29, 1.82) is 0 Å². The molecule has 0 aliphatic carbocycles. The van der Waals surface area contributed by atoms with E-state index in [2.05, 4.69) is 31.4 Å². The Morgan fingerprint density at radius 1 is 1.04 bits per heavy atom. The lowest BCUT2D eigenvalue weighted by atomic mass is 10.2. The van der Waals surface area contributed by atoms with Crippen LogP contribution in [0.25, 0.3) is 10.6 Å². The molecule has 4 nitrogen and oxygen atoms in total. The monoisotopic (exact) mass is 427 g/mol. The summed E-state index contributed by atoms with van der Waals surface area (Å²) in [5.74, 6) is -0.318. The zero-order valence-electron chi connectivity index (χ0n) is 11.4. The molecule has 1 amide bonds. The number of hydrogen-bond donors (Lipinski definition) is 1. The third-order valence-corrected chi connectivity index (χ3v) is 5.07. The Kier molecular flexibility index (Phi) is 4.96. The van der Waals surface area contributed by atoms with E-state index in [1.165, 1.54) is 17.4 Å². The van der Waals surface area contributed by atoms with Gasteiger partial charge >= 0.3 is 0 Å². The lowest BCUT2D eigenvalue weighted by Crippen LogP contribution is -2.11. The first-order chi connectivity index (χ1) is 11.0. The highest BCUT2D eigenvalue weighted by atomic mass is 79.9. The molecule has 3 aromatic rings. The fourth-order valence-electron chi connectivity index (χ4n) is 1.79. The Morgan fingerprint density at radius 3 is 2.48 bits per heavy atom. The van der Waals surface area contributed by atoms with Crippen molar-refractivity contribution in [2.45, 2.75) is 0 Å². The predicted octanol–water partition coefficient (Wildman–Crippen LogP) is 5.53. The average molecular weight is 429 g/mol. The summed E-state index contributed by atoms with van der Waals surface area (Å²) in [7, 11) is 0. The van der Waals surface area contributed by atoms with E-state index in [0.717, 1.165) is 15.0 Å². The van der Waals surface area contributed by atoms with E-state index in [0.29, 0.717) is 20.7 Å². The van der Waals surface area contributed by atoms with Gasteiger partial charge in [0.1, 0.15) is 5.01 Å². The van der Waals surface area contributed by atoms with Crippen LogP contribution in [0.15, 0.2) is 46.9 Å². The SMILES string of the molecule is O=C(Nc1nnc(-c2ccc(Br)cc2)s1)c1ccc(Cl)c(Cl)c1. The van der Waals surface area contributed by atoms with Crippen molar-refractivity contribution in [1.82, 2.24) is 10.2 Å². The predicted molar refractivity (Wildman–Crippen MR) is 97.5 cm³/mol. The second kappa shape index (κ2) is 6.97. The van der Waals surface area contributed by atoms with Crippen LogP contribution in [0.2, 0.25) is 10.0 Å². The van der Waals surface area contributed by atoms with Crippen molar-refractivity contribution in [3.63, 3.8) is 0 Å². The molecule has 1 aromatic heterocycles. The van der Waals surface area contributed by atoms with Gasteiger partial charge in [-0.25, -0.2) is 0 Å². The van der Waals surface area contributed by atoms with Crippen LogP contribution in [0.1, 0.15) is 10.4 Å². The number of carbonyl (C=O) groups excluding carboxylic acids is 1. The van der Waals surface area contributed by atoms with E-state index in [-0.39, 0.29) is 5.91 Å². The second-order valence-corrected chi connectivity index (χ2v) is 7.21. The van der Waals surface area contributed by atoms with Crippen LogP contribution >= 0.6 is 50.5 Å². The van der Waals surface area contributed by atoms with E-state index < -0.39 is 0 Å².